The van der Waals surface area contributed by atoms with Crippen molar-refractivity contribution in [3.63, 3.8) is 0 Å². The lowest BCUT2D eigenvalue weighted by molar-refractivity contribution is 0.0711. The Morgan fingerprint density at radius 1 is 0.776 bits per heavy atom. The number of carbonyl (C=O) groups is 1. The molecule has 0 spiro atoms. The highest BCUT2D eigenvalue weighted by molar-refractivity contribution is 6.02. The van der Waals surface area contributed by atoms with Gasteiger partial charge in [0.2, 0.25) is 0 Å². The molecule has 0 aliphatic heterocycles. The Morgan fingerprint density at radius 2 is 1.41 bits per heavy atom. The van der Waals surface area contributed by atoms with Gasteiger partial charge < -0.3 is 46.0 Å². The number of aromatic hydroxyl groups is 8. The van der Waals surface area contributed by atoms with Crippen LogP contribution in [0.15, 0.2) is 72.3 Å². The van der Waals surface area contributed by atoms with Gasteiger partial charge >= 0.3 is 0 Å². The lowest BCUT2D eigenvalue weighted by Gasteiger charge is -2.37. The average Bonchev–Trinajstić information content (AvgIpc) is 2.99. The van der Waals surface area contributed by atoms with Gasteiger partial charge in [0.1, 0.15) is 46.0 Å². The van der Waals surface area contributed by atoms with Gasteiger partial charge in [-0.2, -0.15) is 0 Å². The molecule has 10 heteroatoms. The third-order valence-electron chi connectivity index (χ3n) is 9.01. The van der Waals surface area contributed by atoms with E-state index in [4.69, 9.17) is 0 Å². The van der Waals surface area contributed by atoms with E-state index in [-0.39, 0.29) is 76.2 Å². The van der Waals surface area contributed by atoms with Crippen molar-refractivity contribution >= 4 is 17.9 Å². The molecule has 0 saturated heterocycles. The van der Waals surface area contributed by atoms with Crippen molar-refractivity contribution in [1.29, 1.82) is 0 Å². The smallest absolute Gasteiger partial charge is 0.171 e. The van der Waals surface area contributed by atoms with Crippen molar-refractivity contribution < 1.29 is 50.8 Å². The molecule has 3 unspecified atom stereocenters. The molecule has 0 heterocycles. The van der Waals surface area contributed by atoms with E-state index in [1.54, 1.807) is 26.0 Å². The predicted molar refractivity (Wildman–Crippen MR) is 184 cm³/mol. The minimum absolute atomic E-state index is 0.0332. The zero-order chi connectivity index (χ0) is 35.8. The summed E-state index contributed by atoms with van der Waals surface area (Å²) >= 11 is 0. The van der Waals surface area contributed by atoms with Crippen molar-refractivity contribution in [3.05, 3.63) is 106 Å². The van der Waals surface area contributed by atoms with E-state index in [0.29, 0.717) is 16.7 Å². The Balaban J connectivity index is 1.63. The summed E-state index contributed by atoms with van der Waals surface area (Å²) in [5.74, 6) is -5.51. The van der Waals surface area contributed by atoms with Crippen LogP contribution >= 0.6 is 0 Å². The summed E-state index contributed by atoms with van der Waals surface area (Å²) in [6, 6.07) is 13.5. The van der Waals surface area contributed by atoms with Gasteiger partial charge in [-0.15, -0.1) is 0 Å². The van der Waals surface area contributed by atoms with Gasteiger partial charge in [0, 0.05) is 46.6 Å². The Bertz CT molecular complexity index is 1940. The molecule has 0 aromatic heterocycles. The van der Waals surface area contributed by atoms with Gasteiger partial charge in [-0.05, 0) is 93.6 Å². The standard InChI is InChI=1S/C39H40O10/c1-20-14-28(25-9-8-24(41)19-32(25)44)35(38(48)27-10-11-30(42)26(37(27)47)12-13-39(2,3)49)29(15-20)36-33(45)16-21(17-34(36)46)4-5-22-6-7-23(40)18-31(22)43/h4-11,15-19,28-29,35,40-47,49H,12-14H2,1-3H3. The Labute approximate surface area is 283 Å². The first-order valence-corrected chi connectivity index (χ1v) is 15.8. The Hall–Kier alpha value is -5.61. The number of aliphatic hydroxyl groups is 1. The van der Waals surface area contributed by atoms with Gasteiger partial charge in [-0.3, -0.25) is 4.79 Å². The topological polar surface area (TPSA) is 199 Å². The lowest BCUT2D eigenvalue weighted by Crippen LogP contribution is -2.31. The molecule has 1 aliphatic rings. The third kappa shape index (κ3) is 7.44. The van der Waals surface area contributed by atoms with Crippen molar-refractivity contribution in [3.8, 4) is 46.0 Å². The maximum absolute atomic E-state index is 14.7. The normalized spacial score (nSPS) is 18.0. The molecule has 0 fully saturated rings. The summed E-state index contributed by atoms with van der Waals surface area (Å²) in [6.07, 6.45) is 5.36. The minimum Gasteiger partial charge on any atom is -0.508 e. The molecular weight excluding hydrogens is 628 g/mol. The van der Waals surface area contributed by atoms with E-state index in [2.05, 4.69) is 0 Å². The van der Waals surface area contributed by atoms with Gasteiger partial charge in [0.15, 0.2) is 5.78 Å². The molecule has 0 bridgehead atoms. The summed E-state index contributed by atoms with van der Waals surface area (Å²) in [6.45, 7) is 4.99. The van der Waals surface area contributed by atoms with Crippen LogP contribution < -0.4 is 0 Å². The molecule has 4 aromatic rings. The van der Waals surface area contributed by atoms with E-state index in [9.17, 15) is 50.8 Å². The lowest BCUT2D eigenvalue weighted by atomic mass is 9.65. The zero-order valence-electron chi connectivity index (χ0n) is 27.3. The molecule has 49 heavy (non-hydrogen) atoms. The van der Waals surface area contributed by atoms with E-state index >= 15 is 0 Å². The number of Topliss-reactive ketones (excluding diaryl/α,β-unsaturated/α-hetero) is 1. The second kappa shape index (κ2) is 13.5. The second-order valence-corrected chi connectivity index (χ2v) is 13.3. The Kier molecular flexibility index (Phi) is 9.55. The number of allylic oxidation sites excluding steroid dienone is 2. The van der Waals surface area contributed by atoms with Gasteiger partial charge in [-0.1, -0.05) is 29.9 Å². The largest absolute Gasteiger partial charge is 0.508 e. The maximum atomic E-state index is 14.7. The fraction of sp³-hybridized carbons (Fsp3) is 0.256. The summed E-state index contributed by atoms with van der Waals surface area (Å²) < 4.78 is 0. The van der Waals surface area contributed by atoms with Crippen molar-refractivity contribution in [1.82, 2.24) is 0 Å². The SMILES string of the molecule is CC1=CC(c2c(O)cc(C=Cc3ccc(O)cc3O)cc2O)C(C(=O)c2ccc(O)c(CCC(C)(C)O)c2O)C(c2ccc(O)cc2O)C1. The second-order valence-electron chi connectivity index (χ2n) is 13.3. The van der Waals surface area contributed by atoms with E-state index in [0.717, 1.165) is 11.6 Å². The van der Waals surface area contributed by atoms with Gasteiger partial charge in [-0.25, -0.2) is 0 Å². The summed E-state index contributed by atoms with van der Waals surface area (Å²) in [5, 5.41) is 95.7. The first kappa shape index (κ1) is 34.7. The molecule has 5 rings (SSSR count). The van der Waals surface area contributed by atoms with Crippen molar-refractivity contribution in [2.45, 2.75) is 57.5 Å². The fourth-order valence-electron chi connectivity index (χ4n) is 6.58. The highest BCUT2D eigenvalue weighted by Crippen LogP contribution is 2.53. The van der Waals surface area contributed by atoms with Crippen LogP contribution in [0.3, 0.4) is 0 Å². The fourth-order valence-corrected chi connectivity index (χ4v) is 6.58. The molecule has 4 aromatic carbocycles. The summed E-state index contributed by atoms with van der Waals surface area (Å²) in [7, 11) is 0. The Morgan fingerprint density at radius 3 is 2.02 bits per heavy atom. The minimum atomic E-state index is -1.11. The number of carbonyl (C=O) groups excluding carboxylic acids is 1. The van der Waals surface area contributed by atoms with Crippen molar-refractivity contribution in [2.24, 2.45) is 5.92 Å². The molecule has 256 valence electrons. The molecule has 3 atom stereocenters. The highest BCUT2D eigenvalue weighted by atomic mass is 16.3. The third-order valence-corrected chi connectivity index (χ3v) is 9.01. The molecule has 1 aliphatic carbocycles. The van der Waals surface area contributed by atoms with Crippen molar-refractivity contribution in [2.75, 3.05) is 0 Å². The van der Waals surface area contributed by atoms with Gasteiger partial charge in [0.05, 0.1) is 11.2 Å². The van der Waals surface area contributed by atoms with Crippen LogP contribution in [0.25, 0.3) is 12.2 Å². The van der Waals surface area contributed by atoms with Crippen LogP contribution in [-0.4, -0.2) is 57.3 Å². The van der Waals surface area contributed by atoms with E-state index in [1.807, 2.05) is 6.92 Å². The number of ketones is 1. The first-order chi connectivity index (χ1) is 23.0. The van der Waals surface area contributed by atoms with Crippen LogP contribution in [0.5, 0.6) is 46.0 Å². The quantitative estimate of drug-likeness (QED) is 0.0512. The maximum Gasteiger partial charge on any atom is 0.171 e. The monoisotopic (exact) mass is 668 g/mol. The average molecular weight is 669 g/mol. The van der Waals surface area contributed by atoms with Crippen LogP contribution in [-0.2, 0) is 6.42 Å². The number of hydrogen-bond acceptors (Lipinski definition) is 10. The van der Waals surface area contributed by atoms with E-state index in [1.165, 1.54) is 60.7 Å². The number of phenols is 8. The molecule has 10 nitrogen and oxygen atoms in total. The molecule has 9 N–H and O–H groups in total. The van der Waals surface area contributed by atoms with E-state index < -0.39 is 34.9 Å². The first-order valence-electron chi connectivity index (χ1n) is 15.8. The summed E-state index contributed by atoms with van der Waals surface area (Å²) in [4.78, 5) is 14.7. The zero-order valence-corrected chi connectivity index (χ0v) is 27.3. The molecule has 0 amide bonds. The molecule has 0 radical (unpaired) electrons. The van der Waals surface area contributed by atoms with Crippen LogP contribution in [0, 0.1) is 5.92 Å². The van der Waals surface area contributed by atoms with Crippen LogP contribution in [0.4, 0.5) is 0 Å². The predicted octanol–water partition coefficient (Wildman–Crippen LogP) is 6.92. The van der Waals surface area contributed by atoms with Crippen LogP contribution in [0.2, 0.25) is 0 Å². The van der Waals surface area contributed by atoms with Crippen LogP contribution in [0.1, 0.15) is 83.6 Å². The number of rotatable bonds is 9. The summed E-state index contributed by atoms with van der Waals surface area (Å²) in [5.41, 5.74) is 0.748. The number of benzene rings is 4. The molecular formula is C39H40O10. The number of phenolic OH excluding ortho intramolecular Hbond substituents is 8. The highest BCUT2D eigenvalue weighted by Gasteiger charge is 2.43. The number of hydrogen-bond donors (Lipinski definition) is 9. The van der Waals surface area contributed by atoms with Gasteiger partial charge in [0.25, 0.3) is 0 Å². The molecule has 0 saturated carbocycles.